The Morgan fingerprint density at radius 2 is 1.62 bits per heavy atom. The van der Waals surface area contributed by atoms with Gasteiger partial charge in [0.15, 0.2) is 0 Å². The maximum Gasteiger partial charge on any atom is 0.141 e. The summed E-state index contributed by atoms with van der Waals surface area (Å²) in [6.45, 7) is 1.93. The number of aryl methyl sites for hydroxylation is 1. The molecule has 0 spiro atoms. The van der Waals surface area contributed by atoms with Crippen LogP contribution in [0.1, 0.15) is 11.3 Å². The number of para-hydroxylation sites is 2. The number of hydrogen-bond acceptors (Lipinski definition) is 2. The summed E-state index contributed by atoms with van der Waals surface area (Å²) in [7, 11) is 0. The molecule has 1 aromatic heterocycles. The fourth-order valence-electron chi connectivity index (χ4n) is 2.05. The summed E-state index contributed by atoms with van der Waals surface area (Å²) in [5.41, 5.74) is 3.51. The van der Waals surface area contributed by atoms with E-state index in [1.165, 1.54) is 0 Å². The summed E-state index contributed by atoms with van der Waals surface area (Å²) >= 11 is 6.44. The minimum absolute atomic E-state index is 0.568. The fraction of sp³-hybridized carbons (Fsp3) is 0.0588. The van der Waals surface area contributed by atoms with Gasteiger partial charge in [-0.3, -0.25) is 4.99 Å². The Labute approximate surface area is 128 Å². The highest BCUT2D eigenvalue weighted by atomic mass is 35.5. The Kier molecular flexibility index (Phi) is 3.84. The molecule has 0 atom stereocenters. The van der Waals surface area contributed by atoms with Gasteiger partial charge in [0.1, 0.15) is 5.15 Å². The molecular weight excluding hydrogens is 282 g/mol. The molecule has 21 heavy (non-hydrogen) atoms. The number of rotatable bonds is 3. The molecule has 0 aliphatic rings. The molecule has 0 saturated carbocycles. The van der Waals surface area contributed by atoms with Gasteiger partial charge >= 0.3 is 0 Å². The lowest BCUT2D eigenvalue weighted by Gasteiger charge is -2.01. The molecule has 0 radical (unpaired) electrons. The van der Waals surface area contributed by atoms with Crippen LogP contribution < -0.4 is 0 Å². The summed E-state index contributed by atoms with van der Waals surface area (Å²) in [5, 5.41) is 5.05. The van der Waals surface area contributed by atoms with Crippen LogP contribution in [0, 0.1) is 6.92 Å². The predicted molar refractivity (Wildman–Crippen MR) is 87.0 cm³/mol. The third-order valence-corrected chi connectivity index (χ3v) is 3.51. The number of benzene rings is 2. The Bertz CT molecular complexity index is 761. The van der Waals surface area contributed by atoms with E-state index in [0.717, 1.165) is 22.6 Å². The first-order chi connectivity index (χ1) is 10.3. The van der Waals surface area contributed by atoms with Crippen molar-refractivity contribution in [1.82, 2.24) is 9.78 Å². The SMILES string of the molecule is Cc1nn(-c2ccccc2)c(Cl)c1C=Nc1ccccc1. The van der Waals surface area contributed by atoms with Gasteiger partial charge in [-0.1, -0.05) is 48.0 Å². The minimum atomic E-state index is 0.568. The lowest BCUT2D eigenvalue weighted by Crippen LogP contribution is -1.95. The van der Waals surface area contributed by atoms with Crippen LogP contribution in [0.15, 0.2) is 65.7 Å². The molecule has 4 heteroatoms. The van der Waals surface area contributed by atoms with Gasteiger partial charge in [0, 0.05) is 6.21 Å². The highest BCUT2D eigenvalue weighted by molar-refractivity contribution is 6.32. The molecule has 0 aliphatic heterocycles. The largest absolute Gasteiger partial charge is 0.256 e. The average Bonchev–Trinajstić information content (AvgIpc) is 2.82. The van der Waals surface area contributed by atoms with Crippen molar-refractivity contribution in [3.05, 3.63) is 77.1 Å². The zero-order valence-corrected chi connectivity index (χ0v) is 12.3. The zero-order valence-electron chi connectivity index (χ0n) is 11.6. The van der Waals surface area contributed by atoms with Crippen LogP contribution in [0.25, 0.3) is 5.69 Å². The maximum atomic E-state index is 6.44. The van der Waals surface area contributed by atoms with Crippen LogP contribution in [0.5, 0.6) is 0 Å². The first-order valence-corrected chi connectivity index (χ1v) is 7.03. The number of halogens is 1. The van der Waals surface area contributed by atoms with Crippen molar-refractivity contribution < 1.29 is 0 Å². The van der Waals surface area contributed by atoms with Crippen LogP contribution in [0.3, 0.4) is 0 Å². The zero-order chi connectivity index (χ0) is 14.7. The Morgan fingerprint density at radius 1 is 1.00 bits per heavy atom. The first-order valence-electron chi connectivity index (χ1n) is 6.65. The van der Waals surface area contributed by atoms with Crippen LogP contribution in [-0.4, -0.2) is 16.0 Å². The van der Waals surface area contributed by atoms with E-state index < -0.39 is 0 Å². The molecule has 0 aliphatic carbocycles. The van der Waals surface area contributed by atoms with Crippen LogP contribution in [-0.2, 0) is 0 Å². The second-order valence-corrected chi connectivity index (χ2v) is 4.99. The van der Waals surface area contributed by atoms with Gasteiger partial charge in [-0.15, -0.1) is 0 Å². The number of nitrogens with zero attached hydrogens (tertiary/aromatic N) is 3. The Balaban J connectivity index is 1.98. The molecule has 2 aromatic carbocycles. The molecule has 3 rings (SSSR count). The van der Waals surface area contributed by atoms with Crippen molar-refractivity contribution in [2.75, 3.05) is 0 Å². The molecule has 104 valence electrons. The van der Waals surface area contributed by atoms with Gasteiger partial charge in [0.25, 0.3) is 0 Å². The smallest absolute Gasteiger partial charge is 0.141 e. The van der Waals surface area contributed by atoms with E-state index in [1.54, 1.807) is 10.9 Å². The molecule has 0 bridgehead atoms. The van der Waals surface area contributed by atoms with Crippen molar-refractivity contribution in [2.24, 2.45) is 4.99 Å². The van der Waals surface area contributed by atoms with Crippen molar-refractivity contribution in [2.45, 2.75) is 6.92 Å². The van der Waals surface area contributed by atoms with Gasteiger partial charge in [0.2, 0.25) is 0 Å². The monoisotopic (exact) mass is 295 g/mol. The molecule has 0 unspecified atom stereocenters. The lowest BCUT2D eigenvalue weighted by atomic mass is 10.3. The summed E-state index contributed by atoms with van der Waals surface area (Å²) in [4.78, 5) is 4.44. The minimum Gasteiger partial charge on any atom is -0.256 e. The van der Waals surface area contributed by atoms with E-state index in [1.807, 2.05) is 67.6 Å². The summed E-state index contributed by atoms with van der Waals surface area (Å²) in [6, 6.07) is 19.6. The van der Waals surface area contributed by atoms with E-state index in [2.05, 4.69) is 10.1 Å². The van der Waals surface area contributed by atoms with Crippen LogP contribution in [0.4, 0.5) is 5.69 Å². The van der Waals surface area contributed by atoms with E-state index in [-0.39, 0.29) is 0 Å². The Hall–Kier alpha value is -2.39. The number of hydrogen-bond donors (Lipinski definition) is 0. The molecule has 3 aromatic rings. The lowest BCUT2D eigenvalue weighted by molar-refractivity contribution is 0.863. The van der Waals surface area contributed by atoms with Gasteiger partial charge in [-0.2, -0.15) is 5.10 Å². The van der Waals surface area contributed by atoms with Crippen molar-refractivity contribution in [3.8, 4) is 5.69 Å². The highest BCUT2D eigenvalue weighted by Gasteiger charge is 2.12. The number of aromatic nitrogens is 2. The molecule has 3 nitrogen and oxygen atoms in total. The second kappa shape index (κ2) is 5.94. The van der Waals surface area contributed by atoms with E-state index >= 15 is 0 Å². The highest BCUT2D eigenvalue weighted by Crippen LogP contribution is 2.22. The summed E-state index contributed by atoms with van der Waals surface area (Å²) in [6.07, 6.45) is 1.76. The molecule has 0 saturated heterocycles. The van der Waals surface area contributed by atoms with Gasteiger partial charge in [0.05, 0.1) is 22.6 Å². The topological polar surface area (TPSA) is 30.2 Å². The van der Waals surface area contributed by atoms with Crippen LogP contribution in [0.2, 0.25) is 5.15 Å². The van der Waals surface area contributed by atoms with Crippen molar-refractivity contribution in [1.29, 1.82) is 0 Å². The van der Waals surface area contributed by atoms with Gasteiger partial charge in [-0.05, 0) is 31.2 Å². The second-order valence-electron chi connectivity index (χ2n) is 4.63. The molecule has 0 N–H and O–H groups in total. The van der Waals surface area contributed by atoms with Crippen molar-refractivity contribution in [3.63, 3.8) is 0 Å². The van der Waals surface area contributed by atoms with Gasteiger partial charge in [-0.25, -0.2) is 4.68 Å². The van der Waals surface area contributed by atoms with Crippen molar-refractivity contribution >= 4 is 23.5 Å². The first kappa shape index (κ1) is 13.6. The number of aliphatic imine (C=N–C) groups is 1. The molecule has 0 amide bonds. The third-order valence-electron chi connectivity index (χ3n) is 3.15. The summed E-state index contributed by atoms with van der Waals surface area (Å²) in [5.74, 6) is 0. The van der Waals surface area contributed by atoms with E-state index in [4.69, 9.17) is 11.6 Å². The average molecular weight is 296 g/mol. The standard InChI is InChI=1S/C17H14ClN3/c1-13-16(12-19-14-8-4-2-5-9-14)17(18)21(20-13)15-10-6-3-7-11-15/h2-12H,1H3. The Morgan fingerprint density at radius 3 is 2.29 bits per heavy atom. The molecular formula is C17H14ClN3. The summed E-state index contributed by atoms with van der Waals surface area (Å²) < 4.78 is 1.73. The van der Waals surface area contributed by atoms with E-state index in [0.29, 0.717) is 5.15 Å². The van der Waals surface area contributed by atoms with Gasteiger partial charge < -0.3 is 0 Å². The molecule has 0 fully saturated rings. The normalized spacial score (nSPS) is 11.1. The molecule has 1 heterocycles. The quantitative estimate of drug-likeness (QED) is 0.650. The maximum absolute atomic E-state index is 6.44. The fourth-order valence-corrected chi connectivity index (χ4v) is 2.37. The predicted octanol–water partition coefficient (Wildman–Crippen LogP) is 4.58. The van der Waals surface area contributed by atoms with Crippen LogP contribution >= 0.6 is 11.6 Å². The van der Waals surface area contributed by atoms with E-state index in [9.17, 15) is 0 Å². The third kappa shape index (κ3) is 2.88.